The van der Waals surface area contributed by atoms with Crippen LogP contribution in [0, 0.1) is 5.92 Å². The molecule has 6 nitrogen and oxygen atoms in total. The standard InChI is InChI=1S/C15H25NO5/c1-15(2,3)21-14(19)16-7-6-10(13(17)18)9-11(16)12-5-4-8-20-12/h10-12H,4-9H2,1-3H3,(H,17,18). The number of rotatable bonds is 2. The highest BCUT2D eigenvalue weighted by Gasteiger charge is 2.41. The number of piperidine rings is 1. The van der Waals surface area contributed by atoms with Crippen molar-refractivity contribution >= 4 is 12.1 Å². The Hall–Kier alpha value is -1.30. The highest BCUT2D eigenvalue weighted by atomic mass is 16.6. The average Bonchev–Trinajstić information content (AvgIpc) is 2.89. The Morgan fingerprint density at radius 1 is 1.29 bits per heavy atom. The first-order valence-corrected chi connectivity index (χ1v) is 7.62. The van der Waals surface area contributed by atoms with Crippen molar-refractivity contribution in [1.82, 2.24) is 4.90 Å². The van der Waals surface area contributed by atoms with Gasteiger partial charge in [0.1, 0.15) is 5.60 Å². The molecule has 1 N–H and O–H groups in total. The number of carboxylic acids is 1. The zero-order chi connectivity index (χ0) is 15.6. The van der Waals surface area contributed by atoms with E-state index < -0.39 is 17.5 Å². The first-order valence-electron chi connectivity index (χ1n) is 7.62. The fourth-order valence-corrected chi connectivity index (χ4v) is 3.03. The van der Waals surface area contributed by atoms with Crippen LogP contribution in [0.3, 0.4) is 0 Å². The third-order valence-corrected chi connectivity index (χ3v) is 4.02. The molecular weight excluding hydrogens is 274 g/mol. The zero-order valence-electron chi connectivity index (χ0n) is 13.0. The largest absolute Gasteiger partial charge is 0.481 e. The lowest BCUT2D eigenvalue weighted by molar-refractivity contribution is -0.145. The van der Waals surface area contributed by atoms with Crippen LogP contribution in [0.2, 0.25) is 0 Å². The van der Waals surface area contributed by atoms with E-state index in [0.717, 1.165) is 12.8 Å². The van der Waals surface area contributed by atoms with Gasteiger partial charge in [-0.1, -0.05) is 0 Å². The van der Waals surface area contributed by atoms with E-state index in [1.807, 2.05) is 20.8 Å². The van der Waals surface area contributed by atoms with Crippen LogP contribution in [0.4, 0.5) is 4.79 Å². The second-order valence-corrected chi connectivity index (χ2v) is 6.85. The van der Waals surface area contributed by atoms with Crippen LogP contribution in [0.15, 0.2) is 0 Å². The number of carbonyl (C=O) groups is 2. The number of ether oxygens (including phenoxy) is 2. The molecule has 0 aliphatic carbocycles. The van der Waals surface area contributed by atoms with Crippen LogP contribution >= 0.6 is 0 Å². The lowest BCUT2D eigenvalue weighted by Gasteiger charge is -2.41. The number of aliphatic carboxylic acids is 1. The van der Waals surface area contributed by atoms with E-state index in [0.29, 0.717) is 26.0 Å². The molecule has 3 atom stereocenters. The Morgan fingerprint density at radius 3 is 2.52 bits per heavy atom. The van der Waals surface area contributed by atoms with Crippen LogP contribution < -0.4 is 0 Å². The molecule has 0 bridgehead atoms. The molecule has 1 amide bonds. The summed E-state index contributed by atoms with van der Waals surface area (Å²) >= 11 is 0. The van der Waals surface area contributed by atoms with E-state index in [4.69, 9.17) is 9.47 Å². The monoisotopic (exact) mass is 299 g/mol. The van der Waals surface area contributed by atoms with E-state index in [-0.39, 0.29) is 18.2 Å². The molecule has 2 aliphatic heterocycles. The van der Waals surface area contributed by atoms with E-state index in [9.17, 15) is 14.7 Å². The molecule has 2 aliphatic rings. The van der Waals surface area contributed by atoms with E-state index in [2.05, 4.69) is 0 Å². The van der Waals surface area contributed by atoms with Crippen molar-refractivity contribution in [2.75, 3.05) is 13.2 Å². The molecule has 0 aromatic heterocycles. The Bertz CT molecular complexity index is 397. The van der Waals surface area contributed by atoms with Crippen LogP contribution in [0.25, 0.3) is 0 Å². The molecule has 2 fully saturated rings. The third-order valence-electron chi connectivity index (χ3n) is 4.02. The smallest absolute Gasteiger partial charge is 0.410 e. The molecule has 0 saturated carbocycles. The summed E-state index contributed by atoms with van der Waals surface area (Å²) in [6.45, 7) is 6.58. The van der Waals surface area contributed by atoms with Gasteiger partial charge in [0.15, 0.2) is 0 Å². The Labute approximate surface area is 125 Å². The predicted molar refractivity (Wildman–Crippen MR) is 76.1 cm³/mol. The van der Waals surface area contributed by atoms with Gasteiger partial charge in [0.05, 0.1) is 18.1 Å². The topological polar surface area (TPSA) is 76.1 Å². The van der Waals surface area contributed by atoms with Gasteiger partial charge in [-0.2, -0.15) is 0 Å². The van der Waals surface area contributed by atoms with Crippen LogP contribution in [0.1, 0.15) is 46.5 Å². The maximum atomic E-state index is 12.4. The summed E-state index contributed by atoms with van der Waals surface area (Å²) in [5.41, 5.74) is -0.554. The number of nitrogens with zero attached hydrogens (tertiary/aromatic N) is 1. The van der Waals surface area contributed by atoms with Gasteiger partial charge in [0.25, 0.3) is 0 Å². The minimum absolute atomic E-state index is 0.0698. The Balaban J connectivity index is 2.10. The molecule has 0 spiro atoms. The average molecular weight is 299 g/mol. The molecule has 2 heterocycles. The fraction of sp³-hybridized carbons (Fsp3) is 0.867. The lowest BCUT2D eigenvalue weighted by atomic mass is 9.87. The normalized spacial score (nSPS) is 30.2. The molecule has 6 heteroatoms. The van der Waals surface area contributed by atoms with Crippen molar-refractivity contribution in [3.05, 3.63) is 0 Å². The number of hydrogen-bond donors (Lipinski definition) is 1. The maximum Gasteiger partial charge on any atom is 0.410 e. The minimum atomic E-state index is -0.790. The highest BCUT2D eigenvalue weighted by Crippen LogP contribution is 2.31. The van der Waals surface area contributed by atoms with Gasteiger partial charge in [0, 0.05) is 13.2 Å². The second-order valence-electron chi connectivity index (χ2n) is 6.85. The second kappa shape index (κ2) is 6.22. The van der Waals surface area contributed by atoms with Gasteiger partial charge in [-0.25, -0.2) is 4.79 Å². The van der Waals surface area contributed by atoms with Crippen LogP contribution in [-0.4, -0.2) is 53.0 Å². The number of carbonyl (C=O) groups excluding carboxylic acids is 1. The molecule has 120 valence electrons. The molecule has 0 radical (unpaired) electrons. The summed E-state index contributed by atoms with van der Waals surface area (Å²) in [4.78, 5) is 25.3. The van der Waals surface area contributed by atoms with Gasteiger partial charge < -0.3 is 19.5 Å². The van der Waals surface area contributed by atoms with E-state index in [1.165, 1.54) is 0 Å². The molecular formula is C15H25NO5. The molecule has 3 unspecified atom stereocenters. The molecule has 2 saturated heterocycles. The van der Waals surface area contributed by atoms with Crippen molar-refractivity contribution < 1.29 is 24.2 Å². The van der Waals surface area contributed by atoms with Crippen LogP contribution in [0.5, 0.6) is 0 Å². The lowest BCUT2D eigenvalue weighted by Crippen LogP contribution is -2.53. The summed E-state index contributed by atoms with van der Waals surface area (Å²) < 4.78 is 11.1. The summed E-state index contributed by atoms with van der Waals surface area (Å²) in [6, 6.07) is -0.197. The first-order chi connectivity index (χ1) is 9.78. The Morgan fingerprint density at radius 2 is 2.00 bits per heavy atom. The summed E-state index contributed by atoms with van der Waals surface area (Å²) in [7, 11) is 0. The first kappa shape index (κ1) is 16.1. The summed E-state index contributed by atoms with van der Waals surface area (Å²) in [5.74, 6) is -1.19. The van der Waals surface area contributed by atoms with Gasteiger partial charge in [-0.15, -0.1) is 0 Å². The molecule has 0 aromatic carbocycles. The van der Waals surface area contributed by atoms with Gasteiger partial charge in [-0.05, 0) is 46.5 Å². The fourth-order valence-electron chi connectivity index (χ4n) is 3.03. The van der Waals surface area contributed by atoms with Crippen molar-refractivity contribution in [2.24, 2.45) is 5.92 Å². The van der Waals surface area contributed by atoms with E-state index >= 15 is 0 Å². The van der Waals surface area contributed by atoms with Crippen molar-refractivity contribution in [2.45, 2.75) is 64.2 Å². The maximum absolute atomic E-state index is 12.4. The summed E-state index contributed by atoms with van der Waals surface area (Å²) in [6.07, 6.45) is 2.31. The summed E-state index contributed by atoms with van der Waals surface area (Å²) in [5, 5.41) is 9.23. The van der Waals surface area contributed by atoms with Gasteiger partial charge in [0.2, 0.25) is 0 Å². The highest BCUT2D eigenvalue weighted by molar-refractivity contribution is 5.72. The van der Waals surface area contributed by atoms with Crippen molar-refractivity contribution in [1.29, 1.82) is 0 Å². The van der Waals surface area contributed by atoms with Crippen LogP contribution in [-0.2, 0) is 14.3 Å². The van der Waals surface area contributed by atoms with Gasteiger partial charge in [-0.3, -0.25) is 4.79 Å². The Kier molecular flexibility index (Phi) is 4.76. The number of likely N-dealkylation sites (tertiary alicyclic amines) is 1. The number of carboxylic acid groups (broad SMARTS) is 1. The third kappa shape index (κ3) is 4.09. The zero-order valence-corrected chi connectivity index (χ0v) is 13.0. The predicted octanol–water partition coefficient (Wildman–Crippen LogP) is 2.27. The van der Waals surface area contributed by atoms with Crippen molar-refractivity contribution in [3.8, 4) is 0 Å². The van der Waals surface area contributed by atoms with Gasteiger partial charge >= 0.3 is 12.1 Å². The number of amides is 1. The SMILES string of the molecule is CC(C)(C)OC(=O)N1CCC(C(=O)O)CC1C1CCCO1. The van der Waals surface area contributed by atoms with E-state index in [1.54, 1.807) is 4.90 Å². The number of hydrogen-bond acceptors (Lipinski definition) is 4. The molecule has 0 aromatic rings. The molecule has 21 heavy (non-hydrogen) atoms. The minimum Gasteiger partial charge on any atom is -0.481 e. The van der Waals surface area contributed by atoms with Crippen molar-refractivity contribution in [3.63, 3.8) is 0 Å². The quantitative estimate of drug-likeness (QED) is 0.846. The molecule has 2 rings (SSSR count).